The third-order valence-electron chi connectivity index (χ3n) is 4.04. The van der Waals surface area contributed by atoms with Crippen molar-refractivity contribution in [3.63, 3.8) is 0 Å². The zero-order valence-corrected chi connectivity index (χ0v) is 15.0. The number of nitrogens with zero attached hydrogens (tertiary/aromatic N) is 4. The monoisotopic (exact) mass is 361 g/mol. The highest BCUT2D eigenvalue weighted by Gasteiger charge is 2.21. The van der Waals surface area contributed by atoms with Crippen molar-refractivity contribution in [1.82, 2.24) is 15.0 Å². The summed E-state index contributed by atoms with van der Waals surface area (Å²) in [4.78, 5) is 24.4. The summed E-state index contributed by atoms with van der Waals surface area (Å²) in [6.45, 7) is 3.74. The van der Waals surface area contributed by atoms with E-state index in [1.165, 1.54) is 6.20 Å². The fourth-order valence-electron chi connectivity index (χ4n) is 2.61. The Bertz CT molecular complexity index is 1030. The summed E-state index contributed by atoms with van der Waals surface area (Å²) < 4.78 is 0. The average molecular weight is 361 g/mol. The number of amides is 1. The molecule has 2 heterocycles. The van der Waals surface area contributed by atoms with E-state index >= 15 is 0 Å². The number of hydrogen-bond donors (Lipinski definition) is 3. The molecular weight excluding hydrogens is 342 g/mol. The third kappa shape index (κ3) is 4.10. The molecule has 0 aliphatic carbocycles. The fraction of sp³-hybridized carbons (Fsp3) is 0.211. The smallest absolute Gasteiger partial charge is 0.240 e. The van der Waals surface area contributed by atoms with Crippen LogP contribution in [-0.2, 0) is 4.79 Å². The van der Waals surface area contributed by atoms with Gasteiger partial charge in [-0.3, -0.25) is 9.78 Å². The van der Waals surface area contributed by atoms with Gasteiger partial charge in [0.1, 0.15) is 17.7 Å². The molecule has 0 bridgehead atoms. The number of hydrogen-bond acceptors (Lipinski definition) is 7. The van der Waals surface area contributed by atoms with E-state index in [1.807, 2.05) is 44.2 Å². The molecule has 0 fully saturated rings. The molecule has 8 nitrogen and oxygen atoms in total. The first-order valence-corrected chi connectivity index (χ1v) is 8.42. The van der Waals surface area contributed by atoms with Gasteiger partial charge < -0.3 is 16.4 Å². The zero-order chi connectivity index (χ0) is 19.4. The minimum absolute atomic E-state index is 0.0373. The molecule has 0 saturated heterocycles. The Hall–Kier alpha value is -3.73. The lowest BCUT2D eigenvalue weighted by Gasteiger charge is -2.19. The topological polar surface area (TPSA) is 130 Å². The van der Waals surface area contributed by atoms with Crippen LogP contribution in [0.4, 0.5) is 17.5 Å². The first kappa shape index (κ1) is 18.1. The van der Waals surface area contributed by atoms with Gasteiger partial charge in [0.2, 0.25) is 11.9 Å². The number of nitrogens with two attached hydrogens (primary N) is 1. The molecule has 136 valence electrons. The van der Waals surface area contributed by atoms with Gasteiger partial charge in [-0.05, 0) is 24.1 Å². The lowest BCUT2D eigenvalue weighted by atomic mass is 10.0. The summed E-state index contributed by atoms with van der Waals surface area (Å²) >= 11 is 0. The van der Waals surface area contributed by atoms with Crippen LogP contribution in [0.1, 0.15) is 19.4 Å². The first-order valence-electron chi connectivity index (χ1n) is 8.42. The van der Waals surface area contributed by atoms with Gasteiger partial charge in [0.05, 0.1) is 11.7 Å². The van der Waals surface area contributed by atoms with E-state index in [4.69, 9.17) is 5.73 Å². The van der Waals surface area contributed by atoms with E-state index in [-0.39, 0.29) is 17.4 Å². The van der Waals surface area contributed by atoms with Crippen molar-refractivity contribution in [1.29, 1.82) is 5.26 Å². The van der Waals surface area contributed by atoms with Gasteiger partial charge in [-0.2, -0.15) is 10.2 Å². The molecule has 0 aliphatic heterocycles. The molecule has 27 heavy (non-hydrogen) atoms. The largest absolute Gasteiger partial charge is 0.368 e. The number of anilines is 3. The van der Waals surface area contributed by atoms with E-state index in [0.717, 1.165) is 16.6 Å². The second-order valence-corrected chi connectivity index (χ2v) is 6.37. The second-order valence-electron chi connectivity index (χ2n) is 6.37. The Morgan fingerprint density at radius 1 is 1.26 bits per heavy atom. The number of nitriles is 1. The van der Waals surface area contributed by atoms with Crippen LogP contribution in [0.5, 0.6) is 0 Å². The normalized spacial score (nSPS) is 11.8. The highest BCUT2D eigenvalue weighted by atomic mass is 16.1. The van der Waals surface area contributed by atoms with E-state index < -0.39 is 11.9 Å². The number of pyridine rings is 1. The summed E-state index contributed by atoms with van der Waals surface area (Å²) in [7, 11) is 0. The zero-order valence-electron chi connectivity index (χ0n) is 15.0. The summed E-state index contributed by atoms with van der Waals surface area (Å²) in [5, 5.41) is 16.4. The van der Waals surface area contributed by atoms with E-state index in [0.29, 0.717) is 5.82 Å². The third-order valence-corrected chi connectivity index (χ3v) is 4.04. The fourth-order valence-corrected chi connectivity index (χ4v) is 2.61. The van der Waals surface area contributed by atoms with Gasteiger partial charge in [-0.25, -0.2) is 4.98 Å². The van der Waals surface area contributed by atoms with Gasteiger partial charge in [0, 0.05) is 17.3 Å². The molecule has 4 N–H and O–H groups in total. The van der Waals surface area contributed by atoms with Crippen LogP contribution in [-0.4, -0.2) is 26.9 Å². The maximum atomic E-state index is 11.6. The highest BCUT2D eigenvalue weighted by molar-refractivity contribution is 5.84. The average Bonchev–Trinajstić information content (AvgIpc) is 2.65. The minimum atomic E-state index is -0.615. The van der Waals surface area contributed by atoms with Crippen LogP contribution in [0.15, 0.2) is 42.7 Å². The molecule has 2 aromatic heterocycles. The Morgan fingerprint density at radius 2 is 2.07 bits per heavy atom. The molecule has 8 heteroatoms. The number of aromatic nitrogens is 3. The predicted molar refractivity (Wildman–Crippen MR) is 103 cm³/mol. The molecule has 0 saturated carbocycles. The van der Waals surface area contributed by atoms with Crippen molar-refractivity contribution >= 4 is 34.3 Å². The Labute approximate surface area is 156 Å². The lowest BCUT2D eigenvalue weighted by Crippen LogP contribution is -2.40. The number of benzene rings is 1. The van der Waals surface area contributed by atoms with Gasteiger partial charge in [-0.1, -0.05) is 26.0 Å². The molecule has 3 aromatic rings. The summed E-state index contributed by atoms with van der Waals surface area (Å²) in [5.41, 5.74) is 7.26. The first-order chi connectivity index (χ1) is 13.0. The van der Waals surface area contributed by atoms with Crippen molar-refractivity contribution in [2.75, 3.05) is 10.6 Å². The van der Waals surface area contributed by atoms with E-state index in [1.54, 1.807) is 6.20 Å². The second kappa shape index (κ2) is 7.66. The molecule has 3 rings (SSSR count). The summed E-state index contributed by atoms with van der Waals surface area (Å²) in [6, 6.07) is 11.0. The van der Waals surface area contributed by atoms with E-state index in [2.05, 4.69) is 31.7 Å². The van der Waals surface area contributed by atoms with Crippen LogP contribution in [0.3, 0.4) is 0 Å². The van der Waals surface area contributed by atoms with Gasteiger partial charge in [-0.15, -0.1) is 0 Å². The van der Waals surface area contributed by atoms with Gasteiger partial charge >= 0.3 is 0 Å². The van der Waals surface area contributed by atoms with Crippen molar-refractivity contribution in [2.45, 2.75) is 19.9 Å². The molecule has 0 aliphatic rings. The molecular formula is C19H19N7O. The molecule has 0 radical (unpaired) electrons. The van der Waals surface area contributed by atoms with Crippen molar-refractivity contribution < 1.29 is 4.79 Å². The van der Waals surface area contributed by atoms with Crippen LogP contribution in [0, 0.1) is 17.2 Å². The number of primary amides is 1. The highest BCUT2D eigenvalue weighted by Crippen LogP contribution is 2.23. The number of carbonyl (C=O) groups excluding carboxylic acids is 1. The Balaban J connectivity index is 1.91. The SMILES string of the molecule is CC(C)[C@@H](Nc1ncc(C#N)c(Nc2ccc3cccnc3c2)n1)C(N)=O. The van der Waals surface area contributed by atoms with Crippen LogP contribution >= 0.6 is 0 Å². The Morgan fingerprint density at radius 3 is 2.78 bits per heavy atom. The maximum Gasteiger partial charge on any atom is 0.240 e. The van der Waals surface area contributed by atoms with Crippen molar-refractivity contribution in [3.05, 3.63) is 48.3 Å². The standard InChI is InChI=1S/C19H19N7O/c1-11(2)16(17(21)27)25-19-23-10-13(9-20)18(26-19)24-14-6-5-12-4-3-7-22-15(12)8-14/h3-8,10-11,16H,1-2H3,(H2,21,27)(H2,23,24,25,26)/t16-/m1/s1. The van der Waals surface area contributed by atoms with E-state index in [9.17, 15) is 10.1 Å². The van der Waals surface area contributed by atoms with Crippen LogP contribution in [0.2, 0.25) is 0 Å². The molecule has 0 unspecified atom stereocenters. The molecule has 1 amide bonds. The van der Waals surface area contributed by atoms with Crippen molar-refractivity contribution in [3.8, 4) is 6.07 Å². The van der Waals surface area contributed by atoms with Gasteiger partial charge in [0.25, 0.3) is 0 Å². The maximum absolute atomic E-state index is 11.6. The number of nitrogens with one attached hydrogen (secondary N) is 2. The Kier molecular flexibility index (Phi) is 5.13. The lowest BCUT2D eigenvalue weighted by molar-refractivity contribution is -0.119. The predicted octanol–water partition coefficient (Wildman–Crippen LogP) is 2.56. The number of fused-ring (bicyclic) bond motifs is 1. The molecule has 1 atom stereocenters. The summed E-state index contributed by atoms with van der Waals surface area (Å²) in [5.74, 6) is 0.0166. The number of carbonyl (C=O) groups is 1. The summed E-state index contributed by atoms with van der Waals surface area (Å²) in [6.07, 6.45) is 3.12. The van der Waals surface area contributed by atoms with Gasteiger partial charge in [0.15, 0.2) is 5.82 Å². The minimum Gasteiger partial charge on any atom is -0.368 e. The molecule has 0 spiro atoms. The van der Waals surface area contributed by atoms with Crippen molar-refractivity contribution in [2.24, 2.45) is 11.7 Å². The van der Waals surface area contributed by atoms with Crippen LogP contribution in [0.25, 0.3) is 10.9 Å². The molecule has 1 aromatic carbocycles. The quantitative estimate of drug-likeness (QED) is 0.615. The number of rotatable bonds is 6. The van der Waals surface area contributed by atoms with Crippen LogP contribution < -0.4 is 16.4 Å².